The number of allylic oxidation sites excluding steroid dienone is 12. The molecule has 1 saturated heterocycles. The Bertz CT molecular complexity index is 1580. The van der Waals surface area contributed by atoms with Crippen LogP contribution in [0.1, 0.15) is 252 Å². The van der Waals surface area contributed by atoms with Crippen molar-refractivity contribution in [2.45, 2.75) is 289 Å². The minimum absolute atomic E-state index is 0.0297. The summed E-state index contributed by atoms with van der Waals surface area (Å²) < 4.78 is 28.4. The van der Waals surface area contributed by atoms with Gasteiger partial charge in [0.05, 0.1) is 6.61 Å². The second kappa shape index (κ2) is 50.9. The van der Waals surface area contributed by atoms with E-state index >= 15 is 0 Å². The van der Waals surface area contributed by atoms with E-state index in [2.05, 4.69) is 93.7 Å². The average Bonchev–Trinajstić information content (AvgIpc) is 3.39. The van der Waals surface area contributed by atoms with Gasteiger partial charge in [-0.1, -0.05) is 203 Å². The predicted octanol–water partition coefficient (Wildman–Crippen LogP) is 15.3. The van der Waals surface area contributed by atoms with Crippen LogP contribution in [0.25, 0.3) is 0 Å². The van der Waals surface area contributed by atoms with E-state index in [0.29, 0.717) is 19.3 Å². The Labute approximate surface area is 455 Å². The fraction of sp³-hybridized carbons (Fsp3) is 0.746. The summed E-state index contributed by atoms with van der Waals surface area (Å²) in [6.45, 7) is 5.82. The van der Waals surface area contributed by atoms with Gasteiger partial charge in [0.2, 0.25) is 0 Å². The van der Waals surface area contributed by atoms with Gasteiger partial charge in [-0.3, -0.25) is 14.4 Å². The summed E-state index contributed by atoms with van der Waals surface area (Å²) in [5.41, 5.74) is 0. The molecule has 12 nitrogen and oxygen atoms in total. The number of hydrogen-bond acceptors (Lipinski definition) is 11. The molecule has 3 N–H and O–H groups in total. The number of carbonyl (C=O) groups excluding carboxylic acids is 3. The van der Waals surface area contributed by atoms with Crippen LogP contribution in [0, 0.1) is 0 Å². The van der Waals surface area contributed by atoms with Gasteiger partial charge in [-0.05, 0) is 103 Å². The maximum atomic E-state index is 13.1. The highest BCUT2D eigenvalue weighted by Crippen LogP contribution is 2.26. The number of rotatable bonds is 50. The van der Waals surface area contributed by atoms with Crippen LogP contribution in [0.15, 0.2) is 72.9 Å². The van der Waals surface area contributed by atoms with Crippen molar-refractivity contribution in [3.63, 3.8) is 0 Å². The average molecular weight is 1060 g/mol. The molecule has 6 unspecified atom stereocenters. The molecule has 0 spiro atoms. The molecule has 1 aliphatic rings. The molecule has 0 bridgehead atoms. The number of aliphatic carboxylic acids is 1. The van der Waals surface area contributed by atoms with Gasteiger partial charge in [-0.15, -0.1) is 0 Å². The summed E-state index contributed by atoms with van der Waals surface area (Å²) >= 11 is 0. The zero-order valence-electron chi connectivity index (χ0n) is 47.3. The Kier molecular flexibility index (Phi) is 47.0. The summed E-state index contributed by atoms with van der Waals surface area (Å²) in [6.07, 6.45) is 51.6. The molecule has 6 atom stereocenters. The number of carboxylic acids is 1. The molecule has 1 heterocycles. The Hall–Kier alpha value is -3.84. The highest BCUT2D eigenvalue weighted by Gasteiger charge is 2.50. The second-order valence-corrected chi connectivity index (χ2v) is 20.2. The molecule has 75 heavy (non-hydrogen) atoms. The van der Waals surface area contributed by atoms with E-state index in [1.165, 1.54) is 77.0 Å². The third-order valence-corrected chi connectivity index (χ3v) is 13.2. The summed E-state index contributed by atoms with van der Waals surface area (Å²) in [5, 5.41) is 31.5. The third kappa shape index (κ3) is 41.0. The molecule has 0 aromatic heterocycles. The van der Waals surface area contributed by atoms with E-state index in [1.54, 1.807) is 0 Å². The number of carboxylic acid groups (broad SMARTS) is 1. The maximum absolute atomic E-state index is 13.1. The number of carbonyl (C=O) groups is 4. The largest absolute Gasteiger partial charge is 0.479 e. The zero-order valence-corrected chi connectivity index (χ0v) is 47.3. The SMILES string of the molecule is CC/C=C\C/C=C\C/C=C\C/C=C\CCCCCCC(=O)OC1C(OCC(COC(=O)CCCCCCCCC/C=C\CCCCCCCC)OC(=O)CCCCCCC/C=C\CCCC)OC(C(=O)O)C(O)C1O. The van der Waals surface area contributed by atoms with Gasteiger partial charge in [-0.25, -0.2) is 4.79 Å². The van der Waals surface area contributed by atoms with Crippen LogP contribution >= 0.6 is 0 Å². The quantitative estimate of drug-likeness (QED) is 0.0228. The molecule has 1 rings (SSSR count). The van der Waals surface area contributed by atoms with Crippen molar-refractivity contribution in [2.75, 3.05) is 13.2 Å². The fourth-order valence-electron chi connectivity index (χ4n) is 8.63. The predicted molar refractivity (Wildman–Crippen MR) is 303 cm³/mol. The molecule has 0 aromatic rings. The van der Waals surface area contributed by atoms with Crippen LogP contribution in [0.3, 0.4) is 0 Å². The minimum atomic E-state index is -1.91. The van der Waals surface area contributed by atoms with Crippen molar-refractivity contribution in [3.05, 3.63) is 72.9 Å². The monoisotopic (exact) mass is 1050 g/mol. The van der Waals surface area contributed by atoms with E-state index < -0.39 is 67.3 Å². The minimum Gasteiger partial charge on any atom is -0.479 e. The van der Waals surface area contributed by atoms with E-state index in [1.807, 2.05) is 0 Å². The van der Waals surface area contributed by atoms with Crippen LogP contribution in [-0.4, -0.2) is 89.2 Å². The number of hydrogen-bond donors (Lipinski definition) is 3. The van der Waals surface area contributed by atoms with Crippen molar-refractivity contribution in [2.24, 2.45) is 0 Å². The molecule has 0 amide bonds. The smallest absolute Gasteiger partial charge is 0.335 e. The standard InChI is InChI=1S/C63H106O12/c1-4-7-10-13-16-19-22-24-26-28-30-32-35-37-40-43-46-49-55(64)71-52-54(73-56(65)50-47-44-41-38-34-21-18-15-12-9-6-3)53-72-63-61(59(68)58(67)60(75-63)62(69)70)74-57(66)51-48-45-42-39-36-33-31-29-27-25-23-20-17-14-11-8-5-2/h8,11,15,17-18,20,24-27,31,33,54,58-61,63,67-68H,4-7,9-10,12-14,16,19,21-23,28-30,32,34-53H2,1-3H3,(H,69,70)/b11-8-,18-15-,20-17-,26-24-,27-25-,33-31-. The maximum Gasteiger partial charge on any atom is 0.335 e. The normalized spacial score (nSPS) is 18.7. The fourth-order valence-corrected chi connectivity index (χ4v) is 8.63. The summed E-state index contributed by atoms with van der Waals surface area (Å²) in [6, 6.07) is 0. The number of unbranched alkanes of at least 4 members (excludes halogenated alkanes) is 24. The van der Waals surface area contributed by atoms with Crippen LogP contribution in [0.4, 0.5) is 0 Å². The third-order valence-electron chi connectivity index (χ3n) is 13.2. The number of aliphatic hydroxyl groups excluding tert-OH is 2. The lowest BCUT2D eigenvalue weighted by Gasteiger charge is -2.40. The number of esters is 3. The Morgan fingerprint density at radius 2 is 0.853 bits per heavy atom. The summed E-state index contributed by atoms with van der Waals surface area (Å²) in [7, 11) is 0. The van der Waals surface area contributed by atoms with Gasteiger partial charge >= 0.3 is 23.9 Å². The molecule has 430 valence electrons. The molecular formula is C63H106O12. The Balaban J connectivity index is 2.68. The van der Waals surface area contributed by atoms with Crippen molar-refractivity contribution in [3.8, 4) is 0 Å². The van der Waals surface area contributed by atoms with E-state index in [0.717, 1.165) is 116 Å². The first kappa shape index (κ1) is 69.2. The summed E-state index contributed by atoms with van der Waals surface area (Å²) in [4.78, 5) is 51.1. The molecule has 0 saturated carbocycles. The molecular weight excluding hydrogens is 949 g/mol. The summed E-state index contributed by atoms with van der Waals surface area (Å²) in [5.74, 6) is -3.16. The Morgan fingerprint density at radius 3 is 1.33 bits per heavy atom. The van der Waals surface area contributed by atoms with Gasteiger partial charge in [0, 0.05) is 19.3 Å². The lowest BCUT2D eigenvalue weighted by Crippen LogP contribution is -2.61. The highest BCUT2D eigenvalue weighted by molar-refractivity contribution is 5.74. The first-order valence-corrected chi connectivity index (χ1v) is 29.9. The Morgan fingerprint density at radius 1 is 0.453 bits per heavy atom. The van der Waals surface area contributed by atoms with Crippen molar-refractivity contribution in [1.82, 2.24) is 0 Å². The first-order chi connectivity index (χ1) is 36.6. The van der Waals surface area contributed by atoms with Gasteiger partial charge in [-0.2, -0.15) is 0 Å². The van der Waals surface area contributed by atoms with Crippen LogP contribution < -0.4 is 0 Å². The van der Waals surface area contributed by atoms with Crippen LogP contribution in [-0.2, 0) is 42.9 Å². The molecule has 0 radical (unpaired) electrons. The van der Waals surface area contributed by atoms with Gasteiger partial charge in [0.1, 0.15) is 18.8 Å². The van der Waals surface area contributed by atoms with Crippen molar-refractivity contribution in [1.29, 1.82) is 0 Å². The van der Waals surface area contributed by atoms with E-state index in [9.17, 15) is 34.5 Å². The molecule has 12 heteroatoms. The number of aliphatic hydroxyl groups is 2. The van der Waals surface area contributed by atoms with Crippen molar-refractivity contribution < 1.29 is 58.2 Å². The number of ether oxygens (including phenoxy) is 5. The van der Waals surface area contributed by atoms with E-state index in [-0.39, 0.29) is 25.9 Å². The zero-order chi connectivity index (χ0) is 54.7. The van der Waals surface area contributed by atoms with Crippen LogP contribution in [0.2, 0.25) is 0 Å². The molecule has 1 fully saturated rings. The molecule has 1 aliphatic heterocycles. The lowest BCUT2D eigenvalue weighted by molar-refractivity contribution is -0.301. The molecule has 0 aliphatic carbocycles. The van der Waals surface area contributed by atoms with Gasteiger partial charge in [0.25, 0.3) is 0 Å². The van der Waals surface area contributed by atoms with Gasteiger partial charge < -0.3 is 39.0 Å². The lowest BCUT2D eigenvalue weighted by atomic mass is 9.98. The topological polar surface area (TPSA) is 175 Å². The van der Waals surface area contributed by atoms with Crippen molar-refractivity contribution >= 4 is 23.9 Å². The second-order valence-electron chi connectivity index (χ2n) is 20.2. The highest BCUT2D eigenvalue weighted by atomic mass is 16.7. The first-order valence-electron chi connectivity index (χ1n) is 29.9. The van der Waals surface area contributed by atoms with E-state index in [4.69, 9.17) is 23.7 Å². The molecule has 0 aromatic carbocycles. The van der Waals surface area contributed by atoms with Crippen LogP contribution in [0.5, 0.6) is 0 Å². The van der Waals surface area contributed by atoms with Gasteiger partial charge in [0.15, 0.2) is 24.6 Å².